The zero-order valence-electron chi connectivity index (χ0n) is 6.57. The summed E-state index contributed by atoms with van der Waals surface area (Å²) in [6.07, 6.45) is 1.54. The Labute approximate surface area is 79.3 Å². The van der Waals surface area contributed by atoms with Crippen molar-refractivity contribution in [3.63, 3.8) is 0 Å². The van der Waals surface area contributed by atoms with Crippen molar-refractivity contribution in [1.29, 1.82) is 0 Å². The number of hydrogen-bond acceptors (Lipinski definition) is 3. The molecule has 0 amide bonds. The van der Waals surface area contributed by atoms with E-state index in [4.69, 9.17) is 11.6 Å². The molecule has 0 aliphatic rings. The molecule has 64 valence electrons. The number of nitrogens with zero attached hydrogens (tertiary/aromatic N) is 2. The van der Waals surface area contributed by atoms with Crippen LogP contribution in [0.5, 0.6) is 0 Å². The minimum absolute atomic E-state index is 0.377. The number of hydrogen-bond donors (Lipinski definition) is 0. The van der Waals surface area contributed by atoms with Gasteiger partial charge in [0.2, 0.25) is 0 Å². The van der Waals surface area contributed by atoms with Crippen LogP contribution in [-0.4, -0.2) is 4.98 Å². The third kappa shape index (κ3) is 1.51. The Balaban J connectivity index is 2.73. The SMILES string of the molecule is O=Nc1ccc2cc(Cl)cnc2c1. The molecule has 0 bridgehead atoms. The Morgan fingerprint density at radius 1 is 1.31 bits per heavy atom. The Kier molecular flexibility index (Phi) is 1.94. The fourth-order valence-corrected chi connectivity index (χ4v) is 1.31. The molecule has 0 aliphatic heterocycles. The monoisotopic (exact) mass is 192 g/mol. The minimum Gasteiger partial charge on any atom is -0.255 e. The molecule has 2 aromatic rings. The van der Waals surface area contributed by atoms with Crippen molar-refractivity contribution in [2.24, 2.45) is 5.18 Å². The summed E-state index contributed by atoms with van der Waals surface area (Å²) in [4.78, 5) is 14.3. The van der Waals surface area contributed by atoms with Gasteiger partial charge in [0.15, 0.2) is 0 Å². The Bertz CT molecular complexity index is 470. The Morgan fingerprint density at radius 3 is 2.92 bits per heavy atom. The fraction of sp³-hybridized carbons (Fsp3) is 0. The van der Waals surface area contributed by atoms with Gasteiger partial charge in [-0.2, -0.15) is 0 Å². The lowest BCUT2D eigenvalue weighted by Gasteiger charge is -1.96. The van der Waals surface area contributed by atoms with Gasteiger partial charge in [-0.25, -0.2) is 0 Å². The summed E-state index contributed by atoms with van der Waals surface area (Å²) < 4.78 is 0. The predicted octanol–water partition coefficient (Wildman–Crippen LogP) is 3.29. The molecule has 1 aromatic heterocycles. The van der Waals surface area contributed by atoms with E-state index in [0.29, 0.717) is 10.7 Å². The van der Waals surface area contributed by atoms with Gasteiger partial charge in [-0.1, -0.05) is 17.7 Å². The van der Waals surface area contributed by atoms with E-state index >= 15 is 0 Å². The molecule has 4 heteroatoms. The summed E-state index contributed by atoms with van der Waals surface area (Å²) in [5.74, 6) is 0. The van der Waals surface area contributed by atoms with Crippen molar-refractivity contribution in [3.05, 3.63) is 40.4 Å². The molecule has 0 aliphatic carbocycles. The molecule has 0 saturated carbocycles. The number of pyridine rings is 1. The first kappa shape index (κ1) is 8.13. The molecule has 0 unspecified atom stereocenters. The van der Waals surface area contributed by atoms with Gasteiger partial charge < -0.3 is 0 Å². The summed E-state index contributed by atoms with van der Waals surface area (Å²) >= 11 is 5.74. The first-order valence-corrected chi connectivity index (χ1v) is 4.06. The van der Waals surface area contributed by atoms with E-state index in [1.165, 1.54) is 0 Å². The number of aromatic nitrogens is 1. The molecule has 0 N–H and O–H groups in total. The second-order valence-electron chi connectivity index (χ2n) is 2.62. The maximum Gasteiger partial charge on any atom is 0.110 e. The second-order valence-corrected chi connectivity index (χ2v) is 3.06. The van der Waals surface area contributed by atoms with E-state index in [1.54, 1.807) is 30.5 Å². The highest BCUT2D eigenvalue weighted by molar-refractivity contribution is 6.31. The van der Waals surface area contributed by atoms with Gasteiger partial charge in [0.25, 0.3) is 0 Å². The van der Waals surface area contributed by atoms with Gasteiger partial charge in [0, 0.05) is 11.6 Å². The molecule has 0 saturated heterocycles. The molecule has 1 heterocycles. The Hall–Kier alpha value is -1.48. The van der Waals surface area contributed by atoms with E-state index in [-0.39, 0.29) is 0 Å². The molecule has 0 atom stereocenters. The quantitative estimate of drug-likeness (QED) is 0.651. The highest BCUT2D eigenvalue weighted by Gasteiger charge is 1.97. The van der Waals surface area contributed by atoms with E-state index < -0.39 is 0 Å². The average Bonchev–Trinajstić information content (AvgIpc) is 2.17. The van der Waals surface area contributed by atoms with E-state index in [1.807, 2.05) is 0 Å². The summed E-state index contributed by atoms with van der Waals surface area (Å²) in [7, 11) is 0. The van der Waals surface area contributed by atoms with Gasteiger partial charge in [0.05, 0.1) is 10.5 Å². The van der Waals surface area contributed by atoms with Gasteiger partial charge in [-0.3, -0.25) is 4.98 Å². The van der Waals surface area contributed by atoms with E-state index in [2.05, 4.69) is 10.2 Å². The minimum atomic E-state index is 0.377. The summed E-state index contributed by atoms with van der Waals surface area (Å²) in [6, 6.07) is 6.81. The molecule has 0 radical (unpaired) electrons. The largest absolute Gasteiger partial charge is 0.255 e. The van der Waals surface area contributed by atoms with Crippen LogP contribution in [0.25, 0.3) is 10.9 Å². The van der Waals surface area contributed by atoms with Crippen LogP contribution >= 0.6 is 11.6 Å². The number of benzene rings is 1. The van der Waals surface area contributed by atoms with Gasteiger partial charge in [-0.05, 0) is 23.4 Å². The average molecular weight is 193 g/mol. The topological polar surface area (TPSA) is 42.3 Å². The van der Waals surface area contributed by atoms with Crippen LogP contribution in [0.2, 0.25) is 5.02 Å². The fourth-order valence-electron chi connectivity index (χ4n) is 1.14. The van der Waals surface area contributed by atoms with Crippen LogP contribution < -0.4 is 0 Å². The molecule has 0 fully saturated rings. The van der Waals surface area contributed by atoms with Crippen LogP contribution in [0, 0.1) is 4.91 Å². The third-order valence-corrected chi connectivity index (χ3v) is 1.95. The van der Waals surface area contributed by atoms with Gasteiger partial charge in [-0.15, -0.1) is 4.91 Å². The molecular weight excluding hydrogens is 188 g/mol. The maximum absolute atomic E-state index is 10.2. The van der Waals surface area contributed by atoms with Crippen LogP contribution in [0.4, 0.5) is 5.69 Å². The van der Waals surface area contributed by atoms with Crippen molar-refractivity contribution in [2.45, 2.75) is 0 Å². The number of nitroso groups, excluding NO2 is 1. The van der Waals surface area contributed by atoms with Crippen LogP contribution in [0.15, 0.2) is 35.6 Å². The van der Waals surface area contributed by atoms with Crippen LogP contribution in [0.1, 0.15) is 0 Å². The predicted molar refractivity (Wildman–Crippen MR) is 52.2 cm³/mol. The molecule has 3 nitrogen and oxygen atoms in total. The lowest BCUT2D eigenvalue weighted by molar-refractivity contribution is 1.40. The summed E-state index contributed by atoms with van der Waals surface area (Å²) in [5.41, 5.74) is 1.10. The summed E-state index contributed by atoms with van der Waals surface area (Å²) in [6.45, 7) is 0. The normalized spacial score (nSPS) is 10.2. The van der Waals surface area contributed by atoms with Crippen LogP contribution in [-0.2, 0) is 0 Å². The number of halogens is 1. The van der Waals surface area contributed by atoms with Crippen molar-refractivity contribution in [2.75, 3.05) is 0 Å². The summed E-state index contributed by atoms with van der Waals surface area (Å²) in [5, 5.41) is 4.31. The highest BCUT2D eigenvalue weighted by atomic mass is 35.5. The van der Waals surface area contributed by atoms with E-state index in [9.17, 15) is 4.91 Å². The lowest BCUT2D eigenvalue weighted by atomic mass is 10.2. The van der Waals surface area contributed by atoms with Crippen molar-refractivity contribution in [1.82, 2.24) is 4.98 Å². The first-order chi connectivity index (χ1) is 6.29. The standard InChI is InChI=1S/C9H5ClN2O/c10-7-3-6-1-2-8(12-13)4-9(6)11-5-7/h1-5H. The Morgan fingerprint density at radius 2 is 2.15 bits per heavy atom. The third-order valence-electron chi connectivity index (χ3n) is 1.74. The first-order valence-electron chi connectivity index (χ1n) is 3.68. The maximum atomic E-state index is 10.2. The number of fused-ring (bicyclic) bond motifs is 1. The lowest BCUT2D eigenvalue weighted by Crippen LogP contribution is -1.77. The van der Waals surface area contributed by atoms with Crippen molar-refractivity contribution >= 4 is 28.2 Å². The second kappa shape index (κ2) is 3.11. The van der Waals surface area contributed by atoms with Gasteiger partial charge in [0.1, 0.15) is 5.69 Å². The number of rotatable bonds is 1. The molecule has 1 aromatic carbocycles. The van der Waals surface area contributed by atoms with Crippen molar-refractivity contribution in [3.8, 4) is 0 Å². The zero-order valence-corrected chi connectivity index (χ0v) is 7.32. The zero-order chi connectivity index (χ0) is 9.26. The van der Waals surface area contributed by atoms with E-state index in [0.717, 1.165) is 10.9 Å². The molecule has 0 spiro atoms. The van der Waals surface area contributed by atoms with Crippen LogP contribution in [0.3, 0.4) is 0 Å². The van der Waals surface area contributed by atoms with Crippen molar-refractivity contribution < 1.29 is 0 Å². The smallest absolute Gasteiger partial charge is 0.110 e. The highest BCUT2D eigenvalue weighted by Crippen LogP contribution is 2.21. The molecule has 2 rings (SSSR count). The van der Waals surface area contributed by atoms with Gasteiger partial charge >= 0.3 is 0 Å². The molecule has 13 heavy (non-hydrogen) atoms. The molecular formula is C9H5ClN2O.